The zero-order chi connectivity index (χ0) is 12.3. The number of nitrogens with two attached hydrogens (primary N) is 1. The minimum absolute atomic E-state index is 0.0130. The first-order valence-corrected chi connectivity index (χ1v) is 5.82. The average molecular weight is 217 g/mol. The van der Waals surface area contributed by atoms with E-state index in [1.54, 1.807) is 0 Å². The Labute approximate surface area is 99.4 Å². The van der Waals surface area contributed by atoms with Gasteiger partial charge in [0.1, 0.15) is 0 Å². The summed E-state index contributed by atoms with van der Waals surface area (Å²) in [7, 11) is 0. The fourth-order valence-corrected chi connectivity index (χ4v) is 1.66. The molecule has 1 heteroatoms. The van der Waals surface area contributed by atoms with E-state index in [1.807, 2.05) is 0 Å². The molecule has 0 aliphatic heterocycles. The number of hydrogen-bond acceptors (Lipinski definition) is 1. The minimum atomic E-state index is 0.0130. The van der Waals surface area contributed by atoms with Crippen LogP contribution in [-0.2, 0) is 5.41 Å². The Kier molecular flexibility index (Phi) is 3.93. The number of hydrogen-bond donors (Lipinski definition) is 1. The van der Waals surface area contributed by atoms with Crippen molar-refractivity contribution in [2.24, 2.45) is 5.73 Å². The largest absolute Gasteiger partial charge is 0.321 e. The summed E-state index contributed by atoms with van der Waals surface area (Å²) in [4.78, 5) is 0. The Morgan fingerprint density at radius 1 is 1.12 bits per heavy atom. The van der Waals surface area contributed by atoms with E-state index in [9.17, 15) is 0 Å². The van der Waals surface area contributed by atoms with E-state index in [-0.39, 0.29) is 11.5 Å². The van der Waals surface area contributed by atoms with Gasteiger partial charge in [0, 0.05) is 6.04 Å². The van der Waals surface area contributed by atoms with Crippen molar-refractivity contribution in [1.29, 1.82) is 0 Å². The van der Waals surface area contributed by atoms with Gasteiger partial charge in [-0.1, -0.05) is 56.7 Å². The molecular weight excluding hydrogens is 194 g/mol. The fourth-order valence-electron chi connectivity index (χ4n) is 1.66. The lowest BCUT2D eigenvalue weighted by atomic mass is 9.86. The summed E-state index contributed by atoms with van der Waals surface area (Å²) in [6.45, 7) is 10.8. The molecule has 2 N–H and O–H groups in total. The van der Waals surface area contributed by atoms with Gasteiger partial charge in [0.25, 0.3) is 0 Å². The summed E-state index contributed by atoms with van der Waals surface area (Å²) in [6.07, 6.45) is 2.09. The van der Waals surface area contributed by atoms with E-state index in [1.165, 1.54) is 16.7 Å². The van der Waals surface area contributed by atoms with Crippen molar-refractivity contribution in [3.05, 3.63) is 47.0 Å². The summed E-state index contributed by atoms with van der Waals surface area (Å²) < 4.78 is 0. The van der Waals surface area contributed by atoms with Crippen molar-refractivity contribution in [2.75, 3.05) is 0 Å². The van der Waals surface area contributed by atoms with Gasteiger partial charge in [0.2, 0.25) is 0 Å². The molecule has 0 spiro atoms. The van der Waals surface area contributed by atoms with Gasteiger partial charge in [-0.05, 0) is 30.4 Å². The predicted molar refractivity (Wildman–Crippen MR) is 71.5 cm³/mol. The summed E-state index contributed by atoms with van der Waals surface area (Å²) >= 11 is 0. The van der Waals surface area contributed by atoms with Crippen LogP contribution in [0, 0.1) is 0 Å². The van der Waals surface area contributed by atoms with Crippen molar-refractivity contribution in [3.8, 4) is 0 Å². The molecule has 1 aromatic rings. The van der Waals surface area contributed by atoms with E-state index >= 15 is 0 Å². The third-order valence-electron chi connectivity index (χ3n) is 2.67. The topological polar surface area (TPSA) is 26.0 Å². The molecule has 0 fully saturated rings. The van der Waals surface area contributed by atoms with Gasteiger partial charge < -0.3 is 5.73 Å². The lowest BCUT2D eigenvalue weighted by Crippen LogP contribution is -2.12. The van der Waals surface area contributed by atoms with Crippen LogP contribution in [0.15, 0.2) is 35.9 Å². The highest BCUT2D eigenvalue weighted by molar-refractivity contribution is 5.31. The Morgan fingerprint density at radius 3 is 2.00 bits per heavy atom. The molecule has 1 atom stereocenters. The Morgan fingerprint density at radius 2 is 1.62 bits per heavy atom. The van der Waals surface area contributed by atoms with Crippen LogP contribution in [0.4, 0.5) is 0 Å². The van der Waals surface area contributed by atoms with Crippen LogP contribution < -0.4 is 5.73 Å². The van der Waals surface area contributed by atoms with Gasteiger partial charge >= 0.3 is 0 Å². The van der Waals surface area contributed by atoms with E-state index in [4.69, 9.17) is 5.73 Å². The smallest absolute Gasteiger partial charge is 0.0483 e. The van der Waals surface area contributed by atoms with Crippen molar-refractivity contribution in [2.45, 2.75) is 46.1 Å². The monoisotopic (exact) mass is 217 g/mol. The maximum atomic E-state index is 6.08. The Balaban J connectivity index is 2.91. The van der Waals surface area contributed by atoms with Gasteiger partial charge in [0.15, 0.2) is 0 Å². The molecule has 88 valence electrons. The lowest BCUT2D eigenvalue weighted by molar-refractivity contribution is 0.590. The van der Waals surface area contributed by atoms with Gasteiger partial charge in [-0.3, -0.25) is 0 Å². The summed E-state index contributed by atoms with van der Waals surface area (Å²) in [5.41, 5.74) is 10.1. The molecule has 0 amide bonds. The Hall–Kier alpha value is -1.08. The zero-order valence-electron chi connectivity index (χ0n) is 11.0. The number of rotatable bonds is 2. The molecule has 0 radical (unpaired) electrons. The number of allylic oxidation sites excluding steroid dienone is 1. The highest BCUT2D eigenvalue weighted by Crippen LogP contribution is 2.23. The molecular formula is C15H23N. The lowest BCUT2D eigenvalue weighted by Gasteiger charge is -2.19. The van der Waals surface area contributed by atoms with Gasteiger partial charge in [-0.15, -0.1) is 0 Å². The third kappa shape index (κ3) is 3.49. The molecule has 0 aromatic heterocycles. The molecule has 1 aromatic carbocycles. The van der Waals surface area contributed by atoms with Crippen molar-refractivity contribution < 1.29 is 0 Å². The first kappa shape index (κ1) is 13.0. The normalized spacial score (nSPS) is 13.4. The second-order valence-electron chi connectivity index (χ2n) is 5.64. The standard InChI is InChI=1S/C15H23N/c1-11(2)10-14(16)12-6-8-13(9-7-12)15(3,4)5/h6-10,14H,16H2,1-5H3. The van der Waals surface area contributed by atoms with Crippen molar-refractivity contribution in [3.63, 3.8) is 0 Å². The Bertz CT molecular complexity index is 361. The number of benzene rings is 1. The highest BCUT2D eigenvalue weighted by atomic mass is 14.6. The van der Waals surface area contributed by atoms with Crippen LogP contribution in [0.3, 0.4) is 0 Å². The van der Waals surface area contributed by atoms with Gasteiger partial charge in [-0.25, -0.2) is 0 Å². The summed E-state index contributed by atoms with van der Waals surface area (Å²) in [5, 5.41) is 0. The third-order valence-corrected chi connectivity index (χ3v) is 2.67. The van der Waals surface area contributed by atoms with Crippen LogP contribution in [0.2, 0.25) is 0 Å². The summed E-state index contributed by atoms with van der Waals surface area (Å²) in [6, 6.07) is 8.62. The molecule has 0 bridgehead atoms. The van der Waals surface area contributed by atoms with E-state index in [0.717, 1.165) is 0 Å². The quantitative estimate of drug-likeness (QED) is 0.746. The van der Waals surface area contributed by atoms with Crippen LogP contribution in [0.25, 0.3) is 0 Å². The zero-order valence-corrected chi connectivity index (χ0v) is 11.0. The molecule has 1 unspecified atom stereocenters. The van der Waals surface area contributed by atoms with Gasteiger partial charge in [0.05, 0.1) is 0 Å². The first-order valence-electron chi connectivity index (χ1n) is 5.82. The minimum Gasteiger partial charge on any atom is -0.321 e. The maximum absolute atomic E-state index is 6.08. The van der Waals surface area contributed by atoms with Gasteiger partial charge in [-0.2, -0.15) is 0 Å². The van der Waals surface area contributed by atoms with E-state index in [2.05, 4.69) is 65.0 Å². The van der Waals surface area contributed by atoms with Crippen LogP contribution in [0.1, 0.15) is 51.8 Å². The van der Waals surface area contributed by atoms with Crippen LogP contribution >= 0.6 is 0 Å². The molecule has 0 aliphatic carbocycles. The van der Waals surface area contributed by atoms with Crippen molar-refractivity contribution >= 4 is 0 Å². The molecule has 0 aliphatic rings. The van der Waals surface area contributed by atoms with E-state index in [0.29, 0.717) is 0 Å². The maximum Gasteiger partial charge on any atom is 0.0483 e. The second-order valence-corrected chi connectivity index (χ2v) is 5.64. The molecule has 0 heterocycles. The van der Waals surface area contributed by atoms with Crippen LogP contribution in [-0.4, -0.2) is 0 Å². The average Bonchev–Trinajstić information content (AvgIpc) is 2.15. The molecule has 0 saturated heterocycles. The summed E-state index contributed by atoms with van der Waals surface area (Å²) in [5.74, 6) is 0. The molecule has 1 nitrogen and oxygen atoms in total. The first-order chi connectivity index (χ1) is 7.30. The second kappa shape index (κ2) is 4.84. The van der Waals surface area contributed by atoms with Crippen LogP contribution in [0.5, 0.6) is 0 Å². The fraction of sp³-hybridized carbons (Fsp3) is 0.467. The predicted octanol–water partition coefficient (Wildman–Crippen LogP) is 3.95. The van der Waals surface area contributed by atoms with E-state index < -0.39 is 0 Å². The SMILES string of the molecule is CC(C)=CC(N)c1ccc(C(C)(C)C)cc1. The molecule has 1 rings (SSSR count). The molecule has 0 saturated carbocycles. The molecule has 16 heavy (non-hydrogen) atoms. The van der Waals surface area contributed by atoms with Crippen molar-refractivity contribution in [1.82, 2.24) is 0 Å². The highest BCUT2D eigenvalue weighted by Gasteiger charge is 2.13.